The highest BCUT2D eigenvalue weighted by molar-refractivity contribution is 5.76. The third-order valence-corrected chi connectivity index (χ3v) is 1.89. The van der Waals surface area contributed by atoms with E-state index >= 15 is 0 Å². The zero-order chi connectivity index (χ0) is 14.8. The number of methoxy groups -OCH3 is 1. The third-order valence-electron chi connectivity index (χ3n) is 1.89. The molecule has 0 saturated carbocycles. The molecule has 0 spiro atoms. The Morgan fingerprint density at radius 2 is 1.74 bits per heavy atom. The fourth-order valence-corrected chi connectivity index (χ4v) is 0.981. The molecule has 1 rings (SSSR count). The van der Waals surface area contributed by atoms with Crippen molar-refractivity contribution in [3.05, 3.63) is 23.8 Å². The zero-order valence-electron chi connectivity index (χ0n) is 10.2. The Morgan fingerprint density at radius 1 is 1.21 bits per heavy atom. The number of rotatable bonds is 5. The van der Waals surface area contributed by atoms with E-state index in [1.807, 2.05) is 0 Å². The number of ether oxygens (including phenoxy) is 1. The third kappa shape index (κ3) is 7.37. The molecule has 7 nitrogen and oxygen atoms in total. The van der Waals surface area contributed by atoms with E-state index in [9.17, 15) is 14.4 Å². The molecule has 1 aromatic rings. The van der Waals surface area contributed by atoms with Crippen LogP contribution in [-0.4, -0.2) is 40.7 Å². The molecule has 0 saturated heterocycles. The summed E-state index contributed by atoms with van der Waals surface area (Å²) >= 11 is 0. The summed E-state index contributed by atoms with van der Waals surface area (Å²) in [6.45, 7) is 0. The fraction of sp³-hybridized carbons (Fsp3) is 0.250. The van der Waals surface area contributed by atoms with Gasteiger partial charge in [0.15, 0.2) is 11.5 Å². The minimum atomic E-state index is -1.08. The molecule has 0 bridgehead atoms. The second-order valence-corrected chi connectivity index (χ2v) is 3.34. The van der Waals surface area contributed by atoms with Crippen LogP contribution in [0.2, 0.25) is 0 Å². The summed E-state index contributed by atoms with van der Waals surface area (Å²) in [4.78, 5) is 29.5. The van der Waals surface area contributed by atoms with E-state index in [0.29, 0.717) is 17.6 Å². The standard InChI is InChI=1S/C8H8O3.C4H6O4/c1-11-8-4-6(5-9)2-3-7(8)10;5-3(6)1-2-4(7)8/h2-5,10H,1H3;1-2H2,(H,5,6)(H,7,8). The van der Waals surface area contributed by atoms with Gasteiger partial charge >= 0.3 is 11.9 Å². The molecular weight excluding hydrogens is 256 g/mol. The second-order valence-electron chi connectivity index (χ2n) is 3.34. The molecule has 0 aliphatic rings. The first-order valence-corrected chi connectivity index (χ1v) is 5.16. The van der Waals surface area contributed by atoms with Crippen LogP contribution in [0.5, 0.6) is 11.5 Å². The van der Waals surface area contributed by atoms with Crippen LogP contribution >= 0.6 is 0 Å². The smallest absolute Gasteiger partial charge is 0.303 e. The number of carbonyl (C=O) groups excluding carboxylic acids is 1. The van der Waals surface area contributed by atoms with Crippen molar-refractivity contribution >= 4 is 18.2 Å². The van der Waals surface area contributed by atoms with Crippen LogP contribution in [0.3, 0.4) is 0 Å². The number of aromatic hydroxyl groups is 1. The Kier molecular flexibility index (Phi) is 7.36. The number of carboxylic acid groups (broad SMARTS) is 2. The van der Waals surface area contributed by atoms with Crippen molar-refractivity contribution < 1.29 is 34.4 Å². The highest BCUT2D eigenvalue weighted by Gasteiger charge is 2.01. The number of aliphatic carboxylic acids is 2. The molecule has 3 N–H and O–H groups in total. The highest BCUT2D eigenvalue weighted by atomic mass is 16.5. The lowest BCUT2D eigenvalue weighted by Crippen LogP contribution is -2.00. The molecule has 7 heteroatoms. The van der Waals surface area contributed by atoms with Gasteiger partial charge in [-0.25, -0.2) is 0 Å². The van der Waals surface area contributed by atoms with Crippen molar-refractivity contribution in [2.24, 2.45) is 0 Å². The van der Waals surface area contributed by atoms with Gasteiger partial charge in [-0.3, -0.25) is 14.4 Å². The Labute approximate surface area is 109 Å². The summed E-state index contributed by atoms with van der Waals surface area (Å²) in [7, 11) is 1.43. The van der Waals surface area contributed by atoms with E-state index in [-0.39, 0.29) is 18.6 Å². The van der Waals surface area contributed by atoms with Gasteiger partial charge in [0.25, 0.3) is 0 Å². The molecule has 0 aliphatic carbocycles. The molecule has 0 aromatic heterocycles. The highest BCUT2D eigenvalue weighted by Crippen LogP contribution is 2.25. The largest absolute Gasteiger partial charge is 0.504 e. The second kappa shape index (κ2) is 8.51. The maximum absolute atomic E-state index is 10.2. The predicted octanol–water partition coefficient (Wildman–Crippen LogP) is 1.15. The van der Waals surface area contributed by atoms with E-state index < -0.39 is 11.9 Å². The van der Waals surface area contributed by atoms with E-state index in [4.69, 9.17) is 20.1 Å². The van der Waals surface area contributed by atoms with Gasteiger partial charge in [-0.1, -0.05) is 0 Å². The van der Waals surface area contributed by atoms with Gasteiger partial charge in [0.05, 0.1) is 20.0 Å². The maximum Gasteiger partial charge on any atom is 0.303 e. The van der Waals surface area contributed by atoms with Crippen molar-refractivity contribution in [3.8, 4) is 11.5 Å². The van der Waals surface area contributed by atoms with Gasteiger partial charge < -0.3 is 20.1 Å². The van der Waals surface area contributed by atoms with Gasteiger partial charge in [-0.05, 0) is 18.2 Å². The maximum atomic E-state index is 10.2. The van der Waals surface area contributed by atoms with Gasteiger partial charge in [0.1, 0.15) is 6.29 Å². The van der Waals surface area contributed by atoms with Crippen LogP contribution in [0.1, 0.15) is 23.2 Å². The Morgan fingerprint density at radius 3 is 2.11 bits per heavy atom. The van der Waals surface area contributed by atoms with E-state index in [1.54, 1.807) is 0 Å². The van der Waals surface area contributed by atoms with E-state index in [1.165, 1.54) is 25.3 Å². The number of hydrogen-bond acceptors (Lipinski definition) is 5. The van der Waals surface area contributed by atoms with Crippen LogP contribution in [0.25, 0.3) is 0 Å². The summed E-state index contributed by atoms with van der Waals surface area (Å²) in [5, 5.41) is 24.9. The Hall–Kier alpha value is -2.57. The van der Waals surface area contributed by atoms with Gasteiger partial charge in [0.2, 0.25) is 0 Å². The lowest BCUT2D eigenvalue weighted by atomic mass is 10.2. The molecule has 0 unspecified atom stereocenters. The molecular formula is C12H14O7. The first-order chi connectivity index (χ1) is 8.90. The average molecular weight is 270 g/mol. The van der Waals surface area contributed by atoms with Crippen LogP contribution < -0.4 is 4.74 Å². The average Bonchev–Trinajstić information content (AvgIpc) is 2.37. The summed E-state index contributed by atoms with van der Waals surface area (Å²) in [6.07, 6.45) is 0.104. The monoisotopic (exact) mass is 270 g/mol. The molecule has 0 atom stereocenters. The van der Waals surface area contributed by atoms with Crippen molar-refractivity contribution in [2.75, 3.05) is 7.11 Å². The number of benzene rings is 1. The first kappa shape index (κ1) is 16.4. The molecule has 0 fully saturated rings. The summed E-state index contributed by atoms with van der Waals surface area (Å²) < 4.78 is 4.78. The van der Waals surface area contributed by atoms with E-state index in [0.717, 1.165) is 0 Å². The number of carboxylic acids is 2. The fourth-order valence-electron chi connectivity index (χ4n) is 0.981. The van der Waals surface area contributed by atoms with E-state index in [2.05, 4.69) is 0 Å². The molecule has 19 heavy (non-hydrogen) atoms. The van der Waals surface area contributed by atoms with Gasteiger partial charge in [0, 0.05) is 5.56 Å². The molecule has 0 aliphatic heterocycles. The Balaban J connectivity index is 0.000000362. The predicted molar refractivity (Wildman–Crippen MR) is 64.6 cm³/mol. The van der Waals surface area contributed by atoms with Gasteiger partial charge in [-0.2, -0.15) is 0 Å². The summed E-state index contributed by atoms with van der Waals surface area (Å²) in [6, 6.07) is 4.41. The van der Waals surface area contributed by atoms with Crippen molar-refractivity contribution in [1.29, 1.82) is 0 Å². The Bertz CT molecular complexity index is 439. The minimum absolute atomic E-state index is 0.0399. The first-order valence-electron chi connectivity index (χ1n) is 5.16. The SMILES string of the molecule is COc1cc(C=O)ccc1O.O=C(O)CCC(=O)O. The lowest BCUT2D eigenvalue weighted by Gasteiger charge is -2.01. The van der Waals surface area contributed by atoms with Crippen LogP contribution in [-0.2, 0) is 9.59 Å². The summed E-state index contributed by atoms with van der Waals surface area (Å²) in [5.41, 5.74) is 0.486. The van der Waals surface area contributed by atoms with Crippen LogP contribution in [0, 0.1) is 0 Å². The number of phenols is 1. The number of carbonyl (C=O) groups is 3. The minimum Gasteiger partial charge on any atom is -0.504 e. The van der Waals surface area contributed by atoms with Crippen molar-refractivity contribution in [3.63, 3.8) is 0 Å². The number of hydrogen-bond donors (Lipinski definition) is 3. The van der Waals surface area contributed by atoms with Crippen LogP contribution in [0.15, 0.2) is 18.2 Å². The molecule has 0 radical (unpaired) electrons. The number of phenolic OH excluding ortho intramolecular Hbond substituents is 1. The van der Waals surface area contributed by atoms with Crippen molar-refractivity contribution in [1.82, 2.24) is 0 Å². The lowest BCUT2D eigenvalue weighted by molar-refractivity contribution is -0.143. The molecule has 0 amide bonds. The molecule has 0 heterocycles. The molecule has 1 aromatic carbocycles. The zero-order valence-corrected chi connectivity index (χ0v) is 10.2. The number of aldehydes is 1. The quantitative estimate of drug-likeness (QED) is 0.686. The molecule has 104 valence electrons. The van der Waals surface area contributed by atoms with Crippen molar-refractivity contribution in [2.45, 2.75) is 12.8 Å². The summed E-state index contributed by atoms with van der Waals surface area (Å²) in [5.74, 6) is -1.80. The van der Waals surface area contributed by atoms with Crippen LogP contribution in [0.4, 0.5) is 0 Å². The normalized spacial score (nSPS) is 8.89. The topological polar surface area (TPSA) is 121 Å². The van der Waals surface area contributed by atoms with Gasteiger partial charge in [-0.15, -0.1) is 0 Å².